The normalized spacial score (nSPS) is 8.36. The molecule has 0 spiro atoms. The fourth-order valence-electron chi connectivity index (χ4n) is 0.536. The van der Waals surface area contributed by atoms with Gasteiger partial charge in [-0.1, -0.05) is 0 Å². The van der Waals surface area contributed by atoms with Crippen LogP contribution in [0.2, 0.25) is 0 Å². The number of nitrogens with two attached hydrogens (primary N) is 1. The first-order valence-electron chi connectivity index (χ1n) is 2.57. The van der Waals surface area contributed by atoms with Gasteiger partial charge in [0.15, 0.2) is 0 Å². The van der Waals surface area contributed by atoms with E-state index >= 15 is 0 Å². The Balaban J connectivity index is 0. The lowest BCUT2D eigenvalue weighted by Gasteiger charge is -1.85. The minimum Gasteiger partial charge on any atom is -0.323 e. The zero-order valence-corrected chi connectivity index (χ0v) is 9.10. The Hall–Kier alpha value is -0.420. The van der Waals surface area contributed by atoms with Crippen molar-refractivity contribution in [3.63, 3.8) is 0 Å². The van der Waals surface area contributed by atoms with Gasteiger partial charge in [0.2, 0.25) is 0 Å². The maximum atomic E-state index is 4.91. The number of halogens is 2. The number of rotatable bonds is 1. The molecular formula is C6H9Br2N3. The SMILES string of the molecule is Br.Br.NN=Cc1ccncc1. The number of pyridine rings is 1. The third kappa shape index (κ3) is 4.92. The van der Waals surface area contributed by atoms with Gasteiger partial charge in [-0.05, 0) is 17.7 Å². The zero-order valence-electron chi connectivity index (χ0n) is 5.68. The van der Waals surface area contributed by atoms with Crippen molar-refractivity contribution in [2.24, 2.45) is 10.9 Å². The lowest BCUT2D eigenvalue weighted by molar-refractivity contribution is 1.26. The van der Waals surface area contributed by atoms with Crippen LogP contribution >= 0.6 is 34.0 Å². The molecule has 0 aliphatic heterocycles. The van der Waals surface area contributed by atoms with Crippen LogP contribution < -0.4 is 5.84 Å². The van der Waals surface area contributed by atoms with Crippen molar-refractivity contribution in [1.29, 1.82) is 0 Å². The summed E-state index contributed by atoms with van der Waals surface area (Å²) >= 11 is 0. The van der Waals surface area contributed by atoms with E-state index in [-0.39, 0.29) is 34.0 Å². The third-order valence-corrected chi connectivity index (χ3v) is 0.930. The number of hydrazone groups is 1. The second-order valence-corrected chi connectivity index (χ2v) is 1.56. The molecule has 1 aromatic rings. The van der Waals surface area contributed by atoms with Crippen molar-refractivity contribution >= 4 is 40.2 Å². The minimum atomic E-state index is 0. The molecule has 0 aromatic carbocycles. The molecular weight excluding hydrogens is 274 g/mol. The van der Waals surface area contributed by atoms with Gasteiger partial charge in [-0.2, -0.15) is 5.10 Å². The quantitative estimate of drug-likeness (QED) is 0.482. The summed E-state index contributed by atoms with van der Waals surface area (Å²) in [5.74, 6) is 4.91. The van der Waals surface area contributed by atoms with Crippen LogP contribution in [0.1, 0.15) is 5.56 Å². The Kier molecular flexibility index (Phi) is 9.21. The highest BCUT2D eigenvalue weighted by Gasteiger charge is 1.80. The summed E-state index contributed by atoms with van der Waals surface area (Å²) in [6.07, 6.45) is 4.95. The van der Waals surface area contributed by atoms with Crippen LogP contribution in [0.5, 0.6) is 0 Å². The summed E-state index contributed by atoms with van der Waals surface area (Å²) in [5.41, 5.74) is 0.965. The van der Waals surface area contributed by atoms with Crippen LogP contribution in [-0.4, -0.2) is 11.2 Å². The molecule has 2 N–H and O–H groups in total. The Morgan fingerprint density at radius 2 is 1.82 bits per heavy atom. The van der Waals surface area contributed by atoms with E-state index in [1.807, 2.05) is 12.1 Å². The molecule has 1 aromatic heterocycles. The average Bonchev–Trinajstić information content (AvgIpc) is 1.91. The van der Waals surface area contributed by atoms with E-state index in [1.54, 1.807) is 18.6 Å². The molecule has 11 heavy (non-hydrogen) atoms. The molecule has 3 nitrogen and oxygen atoms in total. The number of aromatic nitrogens is 1. The molecule has 5 heteroatoms. The lowest BCUT2D eigenvalue weighted by Crippen LogP contribution is -1.85. The predicted octanol–water partition coefficient (Wildman–Crippen LogP) is 1.53. The largest absolute Gasteiger partial charge is 0.323 e. The van der Waals surface area contributed by atoms with Crippen molar-refractivity contribution in [3.8, 4) is 0 Å². The fourth-order valence-corrected chi connectivity index (χ4v) is 0.536. The maximum absolute atomic E-state index is 4.91. The first-order chi connectivity index (χ1) is 4.43. The van der Waals surface area contributed by atoms with Gasteiger partial charge in [0.25, 0.3) is 0 Å². The summed E-state index contributed by atoms with van der Waals surface area (Å²) in [6, 6.07) is 3.66. The molecule has 0 radical (unpaired) electrons. The highest BCUT2D eigenvalue weighted by molar-refractivity contribution is 8.93. The predicted molar refractivity (Wildman–Crippen MR) is 56.7 cm³/mol. The molecule has 0 fully saturated rings. The van der Waals surface area contributed by atoms with Crippen molar-refractivity contribution in [3.05, 3.63) is 30.1 Å². The number of hydrogen-bond donors (Lipinski definition) is 1. The molecule has 0 bridgehead atoms. The molecule has 0 atom stereocenters. The highest BCUT2D eigenvalue weighted by Crippen LogP contribution is 1.88. The van der Waals surface area contributed by atoms with Gasteiger partial charge in [-0.15, -0.1) is 34.0 Å². The van der Waals surface area contributed by atoms with Gasteiger partial charge in [0, 0.05) is 12.4 Å². The van der Waals surface area contributed by atoms with Gasteiger partial charge in [-0.25, -0.2) is 0 Å². The summed E-state index contributed by atoms with van der Waals surface area (Å²) in [5, 5.41) is 3.35. The lowest BCUT2D eigenvalue weighted by atomic mass is 10.3. The Morgan fingerprint density at radius 1 is 1.27 bits per heavy atom. The smallest absolute Gasteiger partial charge is 0.0539 e. The fraction of sp³-hybridized carbons (Fsp3) is 0. The molecule has 0 aliphatic rings. The monoisotopic (exact) mass is 281 g/mol. The standard InChI is InChI=1S/C6H7N3.2BrH/c7-9-5-6-1-3-8-4-2-6;;/h1-5H,7H2;2*1H. The van der Waals surface area contributed by atoms with Gasteiger partial charge in [0.1, 0.15) is 0 Å². The van der Waals surface area contributed by atoms with Crippen molar-refractivity contribution in [2.75, 3.05) is 0 Å². The van der Waals surface area contributed by atoms with Crippen LogP contribution in [-0.2, 0) is 0 Å². The molecule has 0 amide bonds. The number of nitrogens with zero attached hydrogens (tertiary/aromatic N) is 2. The van der Waals surface area contributed by atoms with Crippen LogP contribution in [0.25, 0.3) is 0 Å². The molecule has 0 unspecified atom stereocenters. The van der Waals surface area contributed by atoms with E-state index in [0.717, 1.165) is 5.56 Å². The first kappa shape index (κ1) is 13.2. The average molecular weight is 283 g/mol. The zero-order chi connectivity index (χ0) is 6.53. The van der Waals surface area contributed by atoms with Crippen molar-refractivity contribution < 1.29 is 0 Å². The molecule has 1 rings (SSSR count). The van der Waals surface area contributed by atoms with E-state index in [1.165, 1.54) is 0 Å². The van der Waals surface area contributed by atoms with Gasteiger partial charge in [0.05, 0.1) is 6.21 Å². The summed E-state index contributed by atoms with van der Waals surface area (Å²) in [4.78, 5) is 3.83. The molecule has 0 aliphatic carbocycles. The Morgan fingerprint density at radius 3 is 2.27 bits per heavy atom. The Labute approximate surface area is 86.2 Å². The van der Waals surface area contributed by atoms with Gasteiger partial charge < -0.3 is 5.84 Å². The van der Waals surface area contributed by atoms with Crippen molar-refractivity contribution in [2.45, 2.75) is 0 Å². The number of hydrogen-bond acceptors (Lipinski definition) is 3. The van der Waals surface area contributed by atoms with Crippen LogP contribution in [0.4, 0.5) is 0 Å². The van der Waals surface area contributed by atoms with Gasteiger partial charge >= 0.3 is 0 Å². The first-order valence-corrected chi connectivity index (χ1v) is 2.57. The van der Waals surface area contributed by atoms with Gasteiger partial charge in [-0.3, -0.25) is 4.98 Å². The highest BCUT2D eigenvalue weighted by atomic mass is 79.9. The molecule has 1 heterocycles. The van der Waals surface area contributed by atoms with Crippen molar-refractivity contribution in [1.82, 2.24) is 4.98 Å². The van der Waals surface area contributed by atoms with Crippen LogP contribution in [0, 0.1) is 0 Å². The van der Waals surface area contributed by atoms with E-state index < -0.39 is 0 Å². The Bertz CT molecular complexity index is 200. The maximum Gasteiger partial charge on any atom is 0.0539 e. The second kappa shape index (κ2) is 7.68. The van der Waals surface area contributed by atoms with E-state index in [4.69, 9.17) is 5.84 Å². The summed E-state index contributed by atoms with van der Waals surface area (Å²) in [7, 11) is 0. The topological polar surface area (TPSA) is 51.3 Å². The minimum absolute atomic E-state index is 0. The van der Waals surface area contributed by atoms with E-state index in [2.05, 4.69) is 10.1 Å². The molecule has 62 valence electrons. The third-order valence-electron chi connectivity index (χ3n) is 0.930. The van der Waals surface area contributed by atoms with E-state index in [9.17, 15) is 0 Å². The molecule has 0 saturated carbocycles. The summed E-state index contributed by atoms with van der Waals surface area (Å²) in [6.45, 7) is 0. The van der Waals surface area contributed by atoms with Crippen LogP contribution in [0.3, 0.4) is 0 Å². The van der Waals surface area contributed by atoms with E-state index in [0.29, 0.717) is 0 Å². The second-order valence-electron chi connectivity index (χ2n) is 1.56. The van der Waals surface area contributed by atoms with Crippen LogP contribution in [0.15, 0.2) is 29.6 Å². The molecule has 0 saturated heterocycles. The summed E-state index contributed by atoms with van der Waals surface area (Å²) < 4.78 is 0.